The molecule has 0 aliphatic rings. The standard InChI is InChI=1S/C19H18Cl2N2O2S/c1-2-3-4-12-5-7-15-17(9-12)26-19(22-15)23-18(24)11-25-16-8-6-13(20)10-14(16)21/h5-10H,2-4,11H2,1H3,(H,22,23,24). The van der Waals surface area contributed by atoms with Crippen molar-refractivity contribution < 1.29 is 9.53 Å². The van der Waals surface area contributed by atoms with E-state index >= 15 is 0 Å². The van der Waals surface area contributed by atoms with Crippen LogP contribution in [0.2, 0.25) is 10.0 Å². The van der Waals surface area contributed by atoms with E-state index in [0.29, 0.717) is 20.9 Å². The van der Waals surface area contributed by atoms with Crippen molar-refractivity contribution in [3.8, 4) is 5.75 Å². The van der Waals surface area contributed by atoms with Gasteiger partial charge in [0.25, 0.3) is 5.91 Å². The van der Waals surface area contributed by atoms with Crippen LogP contribution >= 0.6 is 34.5 Å². The predicted octanol–water partition coefficient (Wildman–Crippen LogP) is 5.96. The summed E-state index contributed by atoms with van der Waals surface area (Å²) in [6, 6.07) is 11.1. The maximum atomic E-state index is 12.1. The van der Waals surface area contributed by atoms with Crippen LogP contribution in [0.4, 0.5) is 5.13 Å². The number of fused-ring (bicyclic) bond motifs is 1. The van der Waals surface area contributed by atoms with Gasteiger partial charge in [0.15, 0.2) is 11.7 Å². The number of carbonyl (C=O) groups excluding carboxylic acids is 1. The minimum atomic E-state index is -0.290. The van der Waals surface area contributed by atoms with E-state index in [2.05, 4.69) is 29.4 Å². The van der Waals surface area contributed by atoms with Crippen LogP contribution in [-0.2, 0) is 11.2 Å². The first-order valence-electron chi connectivity index (χ1n) is 8.32. The lowest BCUT2D eigenvalue weighted by Crippen LogP contribution is -2.20. The highest BCUT2D eigenvalue weighted by Crippen LogP contribution is 2.29. The zero-order valence-electron chi connectivity index (χ0n) is 14.2. The van der Waals surface area contributed by atoms with Gasteiger partial charge in [-0.1, -0.05) is 53.9 Å². The highest BCUT2D eigenvalue weighted by Gasteiger charge is 2.10. The van der Waals surface area contributed by atoms with Gasteiger partial charge in [-0.15, -0.1) is 0 Å². The molecule has 3 aromatic rings. The monoisotopic (exact) mass is 408 g/mol. The largest absolute Gasteiger partial charge is 0.482 e. The maximum Gasteiger partial charge on any atom is 0.264 e. The topological polar surface area (TPSA) is 51.2 Å². The van der Waals surface area contributed by atoms with Gasteiger partial charge in [0.05, 0.1) is 15.2 Å². The van der Waals surface area contributed by atoms with E-state index in [0.717, 1.165) is 16.6 Å². The van der Waals surface area contributed by atoms with Crippen molar-refractivity contribution in [2.24, 2.45) is 0 Å². The van der Waals surface area contributed by atoms with Crippen LogP contribution in [0.5, 0.6) is 5.75 Å². The molecule has 0 unspecified atom stereocenters. The molecular weight excluding hydrogens is 391 g/mol. The molecule has 136 valence electrons. The number of benzene rings is 2. The smallest absolute Gasteiger partial charge is 0.264 e. The Morgan fingerprint density at radius 2 is 2.08 bits per heavy atom. The summed E-state index contributed by atoms with van der Waals surface area (Å²) in [7, 11) is 0. The third-order valence-electron chi connectivity index (χ3n) is 3.77. The van der Waals surface area contributed by atoms with Gasteiger partial charge in [0.2, 0.25) is 0 Å². The Morgan fingerprint density at radius 3 is 2.85 bits per heavy atom. The van der Waals surface area contributed by atoms with Gasteiger partial charge in [-0.2, -0.15) is 0 Å². The lowest BCUT2D eigenvalue weighted by Gasteiger charge is -2.07. The summed E-state index contributed by atoms with van der Waals surface area (Å²) >= 11 is 13.3. The molecule has 7 heteroatoms. The minimum absolute atomic E-state index is 0.154. The summed E-state index contributed by atoms with van der Waals surface area (Å²) in [6.45, 7) is 2.02. The molecule has 0 bridgehead atoms. The van der Waals surface area contributed by atoms with E-state index < -0.39 is 0 Å². The lowest BCUT2D eigenvalue weighted by molar-refractivity contribution is -0.118. The molecule has 4 nitrogen and oxygen atoms in total. The summed E-state index contributed by atoms with van der Waals surface area (Å²) in [5.74, 6) is 0.123. The Kier molecular flexibility index (Phi) is 6.35. The molecule has 3 rings (SSSR count). The van der Waals surface area contributed by atoms with Crippen molar-refractivity contribution in [3.63, 3.8) is 0 Å². The average molecular weight is 409 g/mol. The number of thiazole rings is 1. The summed E-state index contributed by atoms with van der Waals surface area (Å²) in [6.07, 6.45) is 3.39. The molecule has 0 atom stereocenters. The number of aryl methyl sites for hydroxylation is 1. The molecule has 1 amide bonds. The molecule has 0 saturated carbocycles. The second-order valence-corrected chi connectivity index (χ2v) is 7.71. The number of amides is 1. The van der Waals surface area contributed by atoms with Gasteiger partial charge in [-0.3, -0.25) is 10.1 Å². The highest BCUT2D eigenvalue weighted by atomic mass is 35.5. The fourth-order valence-electron chi connectivity index (χ4n) is 2.45. The van der Waals surface area contributed by atoms with Crippen molar-refractivity contribution in [1.82, 2.24) is 4.98 Å². The average Bonchev–Trinajstić information content (AvgIpc) is 3.00. The molecule has 0 fully saturated rings. The predicted molar refractivity (Wildman–Crippen MR) is 109 cm³/mol. The summed E-state index contributed by atoms with van der Waals surface area (Å²) in [5, 5.41) is 4.21. The second-order valence-electron chi connectivity index (χ2n) is 5.84. The normalized spacial score (nSPS) is 10.9. The third kappa shape index (κ3) is 4.87. The zero-order valence-corrected chi connectivity index (χ0v) is 16.5. The number of ether oxygens (including phenoxy) is 1. The molecule has 2 aromatic carbocycles. The van der Waals surface area contributed by atoms with E-state index in [9.17, 15) is 4.79 Å². The van der Waals surface area contributed by atoms with Gasteiger partial charge < -0.3 is 4.74 Å². The fourth-order valence-corrected chi connectivity index (χ4v) is 3.86. The SMILES string of the molecule is CCCCc1ccc2nc(NC(=O)COc3ccc(Cl)cc3Cl)sc2c1. The number of nitrogens with zero attached hydrogens (tertiary/aromatic N) is 1. The number of carbonyl (C=O) groups is 1. The molecule has 0 aliphatic heterocycles. The van der Waals surface area contributed by atoms with Gasteiger partial charge in [-0.05, 0) is 48.7 Å². The van der Waals surface area contributed by atoms with Crippen LogP contribution < -0.4 is 10.1 Å². The quantitative estimate of drug-likeness (QED) is 0.524. The zero-order chi connectivity index (χ0) is 18.5. The maximum absolute atomic E-state index is 12.1. The van der Waals surface area contributed by atoms with Crippen molar-refractivity contribution in [2.45, 2.75) is 26.2 Å². The Hall–Kier alpha value is -1.82. The van der Waals surface area contributed by atoms with Gasteiger partial charge in [-0.25, -0.2) is 4.98 Å². The van der Waals surface area contributed by atoms with E-state index in [4.69, 9.17) is 27.9 Å². The first-order chi connectivity index (χ1) is 12.5. The number of hydrogen-bond acceptors (Lipinski definition) is 4. The Bertz CT molecular complexity index is 927. The van der Waals surface area contributed by atoms with Crippen LogP contribution in [0, 0.1) is 0 Å². The van der Waals surface area contributed by atoms with Gasteiger partial charge in [0.1, 0.15) is 5.75 Å². The van der Waals surface area contributed by atoms with Crippen LogP contribution in [-0.4, -0.2) is 17.5 Å². The number of aromatic nitrogens is 1. The minimum Gasteiger partial charge on any atom is -0.482 e. The molecule has 1 N–H and O–H groups in total. The second kappa shape index (κ2) is 8.71. The van der Waals surface area contributed by atoms with Crippen LogP contribution in [0.15, 0.2) is 36.4 Å². The number of halogens is 2. The number of nitrogens with one attached hydrogen (secondary N) is 1. The molecule has 1 heterocycles. The molecule has 1 aromatic heterocycles. The third-order valence-corrected chi connectivity index (χ3v) is 5.23. The van der Waals surface area contributed by atoms with Crippen molar-refractivity contribution in [2.75, 3.05) is 11.9 Å². The van der Waals surface area contributed by atoms with Crippen molar-refractivity contribution in [3.05, 3.63) is 52.0 Å². The molecule has 0 aliphatic carbocycles. The van der Waals surface area contributed by atoms with Crippen LogP contribution in [0.1, 0.15) is 25.3 Å². The molecule has 26 heavy (non-hydrogen) atoms. The van der Waals surface area contributed by atoms with Gasteiger partial charge in [0, 0.05) is 5.02 Å². The number of rotatable bonds is 7. The fraction of sp³-hybridized carbons (Fsp3) is 0.263. The molecule has 0 spiro atoms. The van der Waals surface area contributed by atoms with Gasteiger partial charge >= 0.3 is 0 Å². The van der Waals surface area contributed by atoms with E-state index in [1.807, 2.05) is 6.07 Å². The van der Waals surface area contributed by atoms with E-state index in [1.165, 1.54) is 29.7 Å². The molecule has 0 saturated heterocycles. The van der Waals surface area contributed by atoms with Crippen molar-refractivity contribution >= 4 is 55.8 Å². The Morgan fingerprint density at radius 1 is 1.23 bits per heavy atom. The number of unbranched alkanes of at least 4 members (excludes halogenated alkanes) is 1. The molecule has 0 radical (unpaired) electrons. The lowest BCUT2D eigenvalue weighted by atomic mass is 10.1. The molecular formula is C19H18Cl2N2O2S. The van der Waals surface area contributed by atoms with Crippen molar-refractivity contribution in [1.29, 1.82) is 0 Å². The Labute approximate surface area is 166 Å². The Balaban J connectivity index is 1.61. The van der Waals surface area contributed by atoms with E-state index in [-0.39, 0.29) is 12.5 Å². The summed E-state index contributed by atoms with van der Waals surface area (Å²) < 4.78 is 6.50. The van der Waals surface area contributed by atoms with Crippen LogP contribution in [0.25, 0.3) is 10.2 Å². The summed E-state index contributed by atoms with van der Waals surface area (Å²) in [5.41, 5.74) is 2.17. The van der Waals surface area contributed by atoms with E-state index in [1.54, 1.807) is 18.2 Å². The first kappa shape index (κ1) is 19.0. The highest BCUT2D eigenvalue weighted by molar-refractivity contribution is 7.22. The first-order valence-corrected chi connectivity index (χ1v) is 9.89. The summed E-state index contributed by atoms with van der Waals surface area (Å²) in [4.78, 5) is 16.6. The van der Waals surface area contributed by atoms with Crippen LogP contribution in [0.3, 0.4) is 0 Å². The number of anilines is 1. The number of hydrogen-bond donors (Lipinski definition) is 1.